The molecule has 0 aliphatic heterocycles. The van der Waals surface area contributed by atoms with Gasteiger partial charge in [-0.15, -0.1) is 6.58 Å². The summed E-state index contributed by atoms with van der Waals surface area (Å²) < 4.78 is 8.36. The van der Waals surface area contributed by atoms with E-state index in [9.17, 15) is 0 Å². The third-order valence-electron chi connectivity index (χ3n) is 0.510. The first-order chi connectivity index (χ1) is 4.31. The lowest BCUT2D eigenvalue weighted by atomic mass is 10.2. The highest BCUT2D eigenvalue weighted by atomic mass is 16.7. The minimum atomic E-state index is -1.46. The number of nitriles is 1. The topological polar surface area (TPSA) is 62.5 Å². The summed E-state index contributed by atoms with van der Waals surface area (Å²) >= 11 is 0. The van der Waals surface area contributed by atoms with Crippen molar-refractivity contribution in [1.29, 1.82) is 5.26 Å². The first-order valence-corrected chi connectivity index (χ1v) is 2.26. The van der Waals surface area contributed by atoms with Crippen molar-refractivity contribution in [2.45, 2.75) is 0 Å². The molecule has 0 aliphatic rings. The van der Waals surface area contributed by atoms with Crippen LogP contribution in [0, 0.1) is 11.5 Å². The van der Waals surface area contributed by atoms with Crippen LogP contribution in [0.3, 0.4) is 0 Å². The standard InChI is InChI=1S/C4H6BNO3/c1-2-3-8-5(7)9-4-6/h2,7H,1,3H2. The van der Waals surface area contributed by atoms with Crippen LogP contribution in [-0.4, -0.2) is 19.0 Å². The molecule has 0 radical (unpaired) electrons. The van der Waals surface area contributed by atoms with Gasteiger partial charge in [0.15, 0.2) is 0 Å². The van der Waals surface area contributed by atoms with Crippen molar-refractivity contribution in [3.63, 3.8) is 0 Å². The molecule has 0 atom stereocenters. The predicted octanol–water partition coefficient (Wildman–Crippen LogP) is -0.336. The second kappa shape index (κ2) is 5.16. The highest BCUT2D eigenvalue weighted by Gasteiger charge is 2.15. The van der Waals surface area contributed by atoms with Gasteiger partial charge in [-0.3, -0.25) is 0 Å². The molecule has 0 aromatic heterocycles. The van der Waals surface area contributed by atoms with Gasteiger partial charge in [-0.25, -0.2) is 0 Å². The molecule has 0 aromatic carbocycles. The Morgan fingerprint density at radius 2 is 2.56 bits per heavy atom. The predicted molar refractivity (Wildman–Crippen MR) is 30.8 cm³/mol. The lowest BCUT2D eigenvalue weighted by Gasteiger charge is -1.97. The van der Waals surface area contributed by atoms with E-state index >= 15 is 0 Å². The van der Waals surface area contributed by atoms with Crippen LogP contribution in [0.1, 0.15) is 0 Å². The van der Waals surface area contributed by atoms with Crippen LogP contribution in [0.15, 0.2) is 12.7 Å². The van der Waals surface area contributed by atoms with E-state index < -0.39 is 7.32 Å². The molecule has 0 unspecified atom stereocenters. The Bertz CT molecular complexity index is 121. The molecule has 0 saturated heterocycles. The number of nitrogens with zero attached hydrogens (tertiary/aromatic N) is 1. The zero-order valence-electron chi connectivity index (χ0n) is 4.78. The third kappa shape index (κ3) is 4.88. The molecule has 0 fully saturated rings. The van der Waals surface area contributed by atoms with E-state index in [1.165, 1.54) is 12.3 Å². The molecule has 0 amide bonds. The fourth-order valence-corrected chi connectivity index (χ4v) is 0.229. The minimum absolute atomic E-state index is 0.156. The highest BCUT2D eigenvalue weighted by Crippen LogP contribution is 1.81. The van der Waals surface area contributed by atoms with E-state index in [0.717, 1.165) is 0 Å². The monoisotopic (exact) mass is 127 g/mol. The molecule has 0 rings (SSSR count). The van der Waals surface area contributed by atoms with Gasteiger partial charge in [-0.2, -0.15) is 5.26 Å². The van der Waals surface area contributed by atoms with Crippen molar-refractivity contribution < 1.29 is 14.3 Å². The summed E-state index contributed by atoms with van der Waals surface area (Å²) in [5, 5.41) is 16.3. The van der Waals surface area contributed by atoms with Gasteiger partial charge in [-0.05, 0) is 0 Å². The van der Waals surface area contributed by atoms with Crippen molar-refractivity contribution in [1.82, 2.24) is 0 Å². The molecule has 1 N–H and O–H groups in total. The van der Waals surface area contributed by atoms with Crippen LogP contribution in [0.25, 0.3) is 0 Å². The largest absolute Gasteiger partial charge is 0.720 e. The van der Waals surface area contributed by atoms with Crippen molar-refractivity contribution in [2.24, 2.45) is 0 Å². The number of hydrogen-bond donors (Lipinski definition) is 1. The molecular formula is C4H6BNO3. The zero-order valence-corrected chi connectivity index (χ0v) is 4.78. The van der Waals surface area contributed by atoms with Crippen LogP contribution >= 0.6 is 0 Å². The summed E-state index contributed by atoms with van der Waals surface area (Å²) in [5.41, 5.74) is 0. The van der Waals surface area contributed by atoms with Crippen LogP contribution < -0.4 is 0 Å². The normalized spacial score (nSPS) is 7.56. The summed E-state index contributed by atoms with van der Waals surface area (Å²) in [6.07, 6.45) is 2.70. The smallest absolute Gasteiger partial charge is 0.442 e. The molecule has 5 heteroatoms. The van der Waals surface area contributed by atoms with Gasteiger partial charge in [-0.1, -0.05) is 6.08 Å². The summed E-state index contributed by atoms with van der Waals surface area (Å²) in [4.78, 5) is 0. The van der Waals surface area contributed by atoms with E-state index in [2.05, 4.69) is 15.9 Å². The Balaban J connectivity index is 3.17. The van der Waals surface area contributed by atoms with Crippen LogP contribution in [0.2, 0.25) is 0 Å². The van der Waals surface area contributed by atoms with Crippen LogP contribution in [-0.2, 0) is 9.31 Å². The first-order valence-electron chi connectivity index (χ1n) is 2.26. The molecule has 9 heavy (non-hydrogen) atoms. The summed E-state index contributed by atoms with van der Waals surface area (Å²) in [7, 11) is -1.46. The van der Waals surface area contributed by atoms with Crippen LogP contribution in [0.5, 0.6) is 0 Å². The number of hydrogen-bond acceptors (Lipinski definition) is 4. The maximum absolute atomic E-state index is 8.47. The van der Waals surface area contributed by atoms with E-state index in [4.69, 9.17) is 10.3 Å². The van der Waals surface area contributed by atoms with E-state index in [-0.39, 0.29) is 6.61 Å². The maximum atomic E-state index is 8.47. The van der Waals surface area contributed by atoms with Gasteiger partial charge < -0.3 is 14.3 Å². The van der Waals surface area contributed by atoms with Gasteiger partial charge >= 0.3 is 7.32 Å². The van der Waals surface area contributed by atoms with Crippen molar-refractivity contribution in [3.05, 3.63) is 12.7 Å². The third-order valence-corrected chi connectivity index (χ3v) is 0.510. The van der Waals surface area contributed by atoms with Gasteiger partial charge in [0.05, 0.1) is 6.61 Å². The summed E-state index contributed by atoms with van der Waals surface area (Å²) in [5.74, 6) is 0. The maximum Gasteiger partial charge on any atom is 0.720 e. The average molecular weight is 127 g/mol. The second-order valence-electron chi connectivity index (χ2n) is 1.14. The quantitative estimate of drug-likeness (QED) is 0.319. The fraction of sp³-hybridized carbons (Fsp3) is 0.250. The lowest BCUT2D eigenvalue weighted by molar-refractivity contribution is 0.201. The van der Waals surface area contributed by atoms with E-state index in [0.29, 0.717) is 0 Å². The average Bonchev–Trinajstić information content (AvgIpc) is 1.85. The summed E-state index contributed by atoms with van der Waals surface area (Å²) in [6, 6.07) is 0. The van der Waals surface area contributed by atoms with Crippen molar-refractivity contribution in [2.75, 3.05) is 6.61 Å². The van der Waals surface area contributed by atoms with E-state index in [1.54, 1.807) is 0 Å². The molecule has 0 heterocycles. The summed E-state index contributed by atoms with van der Waals surface area (Å²) in [6.45, 7) is 3.47. The first kappa shape index (κ1) is 8.01. The Kier molecular flexibility index (Phi) is 4.59. The van der Waals surface area contributed by atoms with Crippen molar-refractivity contribution >= 4 is 7.32 Å². The molecule has 0 saturated carbocycles. The second-order valence-corrected chi connectivity index (χ2v) is 1.14. The van der Waals surface area contributed by atoms with Gasteiger partial charge in [0.1, 0.15) is 0 Å². The Labute approximate surface area is 53.5 Å². The van der Waals surface area contributed by atoms with Crippen molar-refractivity contribution in [3.8, 4) is 6.26 Å². The molecule has 0 bridgehead atoms. The van der Waals surface area contributed by atoms with Gasteiger partial charge in [0, 0.05) is 0 Å². The SMILES string of the molecule is C=CCOB(O)OC#N. The molecule has 0 spiro atoms. The lowest BCUT2D eigenvalue weighted by Crippen LogP contribution is -2.19. The number of rotatable bonds is 4. The molecule has 48 valence electrons. The fourth-order valence-electron chi connectivity index (χ4n) is 0.229. The molecular weight excluding hydrogens is 121 g/mol. The Hall–Kier alpha value is -0.985. The van der Waals surface area contributed by atoms with Gasteiger partial charge in [0.25, 0.3) is 6.26 Å². The van der Waals surface area contributed by atoms with E-state index in [1.807, 2.05) is 0 Å². The highest BCUT2D eigenvalue weighted by molar-refractivity contribution is 6.34. The minimum Gasteiger partial charge on any atom is -0.442 e. The molecule has 0 aliphatic carbocycles. The molecule has 4 nitrogen and oxygen atoms in total. The van der Waals surface area contributed by atoms with Crippen LogP contribution in [0.4, 0.5) is 0 Å². The molecule has 0 aromatic rings. The Morgan fingerprint density at radius 3 is 3.00 bits per heavy atom. The zero-order chi connectivity index (χ0) is 7.11. The van der Waals surface area contributed by atoms with Gasteiger partial charge in [0.2, 0.25) is 0 Å². The Morgan fingerprint density at radius 1 is 1.89 bits per heavy atom.